The zero-order valence-electron chi connectivity index (χ0n) is 21.5. The summed E-state index contributed by atoms with van der Waals surface area (Å²) in [5.41, 5.74) is -4.11. The number of Topliss-reactive ketones (excluding diaryl/α,β-unsaturated/α-hetero) is 1. The number of carbonyl (C=O) groups excluding carboxylic acids is 3. The number of cyclic esters (lactones) is 1. The first kappa shape index (κ1) is 24.1. The van der Waals surface area contributed by atoms with Crippen molar-refractivity contribution in [3.8, 4) is 0 Å². The Kier molecular flexibility index (Phi) is 4.69. The van der Waals surface area contributed by atoms with Crippen molar-refractivity contribution in [1.82, 2.24) is 0 Å². The SMILES string of the molecule is COC(=O)C[C@H]1OC(C)(C)[C@@H]2CC(=O)C3[C@H]([C@@H](O)C[C@@]4(C)[C@H](c5ccoc5)OC(=O)[C@]5(C)O[C@]354)[C@@]12C. The van der Waals surface area contributed by atoms with Crippen molar-refractivity contribution in [2.45, 2.75) is 89.0 Å². The van der Waals surface area contributed by atoms with E-state index in [1.165, 1.54) is 19.6 Å². The highest BCUT2D eigenvalue weighted by atomic mass is 16.7. The number of hydrogen-bond acceptors (Lipinski definition) is 9. The van der Waals surface area contributed by atoms with Crippen molar-refractivity contribution in [3.63, 3.8) is 0 Å². The number of esters is 2. The monoisotopic (exact) mass is 502 g/mol. The van der Waals surface area contributed by atoms with Crippen LogP contribution in [0.2, 0.25) is 0 Å². The van der Waals surface area contributed by atoms with E-state index in [0.29, 0.717) is 5.56 Å². The highest BCUT2D eigenvalue weighted by molar-refractivity contribution is 5.93. The first-order valence-electron chi connectivity index (χ1n) is 12.7. The standard InChI is InChI=1S/C27H34O9/c1-23(2)16-9-14(28)20-19(25(16,4)17(35-23)10-18(30)32-6)15(29)11-24(3)21(13-7-8-33-12-13)34-22(31)26(5)27(20,24)36-26/h7-8,12,15-17,19-21,29H,9-11H2,1-6H3/t15-,16-,17+,19-,20?,21-,24-,25+,26-,27-/m0/s1. The van der Waals surface area contributed by atoms with E-state index in [-0.39, 0.29) is 31.0 Å². The van der Waals surface area contributed by atoms with Crippen LogP contribution in [0.5, 0.6) is 0 Å². The van der Waals surface area contributed by atoms with E-state index in [2.05, 4.69) is 0 Å². The van der Waals surface area contributed by atoms with Crippen LogP contribution in [0.1, 0.15) is 65.5 Å². The molecule has 9 nitrogen and oxygen atoms in total. The van der Waals surface area contributed by atoms with Crippen LogP contribution >= 0.6 is 0 Å². The number of aliphatic hydroxyl groups excluding tert-OH is 1. The molecule has 0 amide bonds. The lowest BCUT2D eigenvalue weighted by atomic mass is 9.41. The van der Waals surface area contributed by atoms with Crippen LogP contribution < -0.4 is 0 Å². The largest absolute Gasteiger partial charge is 0.472 e. The number of epoxide rings is 1. The Morgan fingerprint density at radius 3 is 2.56 bits per heavy atom. The summed E-state index contributed by atoms with van der Waals surface area (Å²) in [6.45, 7) is 9.51. The van der Waals surface area contributed by atoms with Gasteiger partial charge in [0, 0.05) is 34.7 Å². The van der Waals surface area contributed by atoms with Crippen molar-refractivity contribution in [1.29, 1.82) is 0 Å². The van der Waals surface area contributed by atoms with Gasteiger partial charge in [0.2, 0.25) is 0 Å². The smallest absolute Gasteiger partial charge is 0.341 e. The van der Waals surface area contributed by atoms with Crippen molar-refractivity contribution in [2.24, 2.45) is 28.6 Å². The molecule has 1 aromatic rings. The first-order chi connectivity index (χ1) is 16.8. The van der Waals surface area contributed by atoms with E-state index in [1.54, 1.807) is 13.0 Å². The molecule has 1 aromatic heterocycles. The van der Waals surface area contributed by atoms with Crippen molar-refractivity contribution in [2.75, 3.05) is 7.11 Å². The van der Waals surface area contributed by atoms with Gasteiger partial charge < -0.3 is 28.5 Å². The minimum Gasteiger partial charge on any atom is -0.472 e. The normalized spacial score (nSPS) is 50.3. The van der Waals surface area contributed by atoms with Crippen LogP contribution in [-0.4, -0.2) is 58.9 Å². The zero-order valence-corrected chi connectivity index (χ0v) is 21.5. The van der Waals surface area contributed by atoms with Gasteiger partial charge in [-0.2, -0.15) is 0 Å². The summed E-state index contributed by atoms with van der Waals surface area (Å²) in [5, 5.41) is 11.9. The van der Waals surface area contributed by atoms with Crippen LogP contribution in [0.3, 0.4) is 0 Å². The van der Waals surface area contributed by atoms with E-state index in [0.717, 1.165) is 0 Å². The molecule has 1 N–H and O–H groups in total. The predicted molar refractivity (Wildman–Crippen MR) is 122 cm³/mol. The molecule has 0 aromatic carbocycles. The maximum absolute atomic E-state index is 14.1. The number of furan rings is 1. The van der Waals surface area contributed by atoms with Crippen LogP contribution in [0.4, 0.5) is 0 Å². The molecule has 10 atom stereocenters. The van der Waals surface area contributed by atoms with Gasteiger partial charge in [-0.05, 0) is 33.3 Å². The third kappa shape index (κ3) is 2.54. The first-order valence-corrected chi connectivity index (χ1v) is 12.7. The lowest BCUT2D eigenvalue weighted by Gasteiger charge is -2.61. The number of methoxy groups -OCH3 is 1. The lowest BCUT2D eigenvalue weighted by molar-refractivity contribution is -0.215. The number of ether oxygens (including phenoxy) is 4. The Balaban J connectivity index is 1.51. The van der Waals surface area contributed by atoms with Gasteiger partial charge in [-0.1, -0.05) is 13.8 Å². The van der Waals surface area contributed by atoms with Gasteiger partial charge in [0.15, 0.2) is 5.60 Å². The van der Waals surface area contributed by atoms with Gasteiger partial charge in [0.25, 0.3) is 0 Å². The van der Waals surface area contributed by atoms with E-state index >= 15 is 0 Å². The second-order valence-electron chi connectivity index (χ2n) is 12.5. The van der Waals surface area contributed by atoms with Gasteiger partial charge in [-0.25, -0.2) is 4.79 Å². The molecule has 2 saturated carbocycles. The van der Waals surface area contributed by atoms with Gasteiger partial charge >= 0.3 is 11.9 Å². The topological polar surface area (TPSA) is 125 Å². The molecule has 0 radical (unpaired) electrons. The number of fused-ring (bicyclic) bond motifs is 3. The second-order valence-corrected chi connectivity index (χ2v) is 12.5. The quantitative estimate of drug-likeness (QED) is 0.491. The van der Waals surface area contributed by atoms with Crippen molar-refractivity contribution < 1.29 is 42.9 Å². The average Bonchev–Trinajstić information content (AvgIpc) is 3.10. The highest BCUT2D eigenvalue weighted by Gasteiger charge is 2.91. The van der Waals surface area contributed by atoms with Gasteiger partial charge in [-0.3, -0.25) is 9.59 Å². The van der Waals surface area contributed by atoms with E-state index in [4.69, 9.17) is 23.4 Å². The zero-order chi connectivity index (χ0) is 26.1. The molecule has 5 fully saturated rings. The van der Waals surface area contributed by atoms with E-state index < -0.39 is 69.7 Å². The molecule has 4 heterocycles. The maximum Gasteiger partial charge on any atom is 0.341 e. The van der Waals surface area contributed by atoms with Crippen LogP contribution in [-0.2, 0) is 33.3 Å². The Morgan fingerprint density at radius 2 is 1.92 bits per heavy atom. The summed E-state index contributed by atoms with van der Waals surface area (Å²) in [6.07, 6.45) is 1.28. The van der Waals surface area contributed by atoms with Crippen LogP contribution in [0.25, 0.3) is 0 Å². The van der Waals surface area contributed by atoms with Crippen molar-refractivity contribution in [3.05, 3.63) is 24.2 Å². The number of aliphatic hydroxyl groups is 1. The summed E-state index contributed by atoms with van der Waals surface area (Å²) in [4.78, 5) is 39.8. The molecular formula is C27H34O9. The fourth-order valence-corrected chi connectivity index (χ4v) is 9.05. The van der Waals surface area contributed by atoms with Crippen LogP contribution in [0, 0.1) is 28.6 Å². The fraction of sp³-hybridized carbons (Fsp3) is 0.741. The van der Waals surface area contributed by atoms with Gasteiger partial charge in [0.05, 0.1) is 49.8 Å². The molecule has 3 saturated heterocycles. The lowest BCUT2D eigenvalue weighted by Crippen LogP contribution is -2.71. The predicted octanol–water partition coefficient (Wildman–Crippen LogP) is 2.74. The molecule has 36 heavy (non-hydrogen) atoms. The van der Waals surface area contributed by atoms with Gasteiger partial charge in [-0.15, -0.1) is 0 Å². The molecule has 6 rings (SSSR count). The molecular weight excluding hydrogens is 468 g/mol. The number of hydrogen-bond donors (Lipinski definition) is 1. The van der Waals surface area contributed by atoms with E-state index in [9.17, 15) is 19.5 Å². The third-order valence-electron chi connectivity index (χ3n) is 10.5. The highest BCUT2D eigenvalue weighted by Crippen LogP contribution is 2.78. The summed E-state index contributed by atoms with van der Waals surface area (Å²) in [7, 11) is 1.34. The van der Waals surface area contributed by atoms with Crippen molar-refractivity contribution >= 4 is 17.7 Å². The van der Waals surface area contributed by atoms with Crippen LogP contribution in [0.15, 0.2) is 23.0 Å². The molecule has 9 heteroatoms. The second kappa shape index (κ2) is 6.99. The Hall–Kier alpha value is -2.23. The number of rotatable bonds is 3. The summed E-state index contributed by atoms with van der Waals surface area (Å²) in [5.74, 6) is -2.55. The van der Waals surface area contributed by atoms with E-state index in [1.807, 2.05) is 27.7 Å². The Labute approximate surface area is 209 Å². The minimum atomic E-state index is -1.31. The maximum atomic E-state index is 14.1. The number of carbonyl (C=O) groups is 3. The summed E-state index contributed by atoms with van der Waals surface area (Å²) < 4.78 is 29.0. The number of ketones is 1. The summed E-state index contributed by atoms with van der Waals surface area (Å²) >= 11 is 0. The molecule has 0 bridgehead atoms. The Bertz CT molecular complexity index is 1140. The summed E-state index contributed by atoms with van der Waals surface area (Å²) in [6, 6.07) is 1.74. The molecule has 1 spiro atoms. The molecule has 3 aliphatic heterocycles. The molecule has 2 aliphatic carbocycles. The molecule has 5 aliphatic rings. The minimum absolute atomic E-state index is 0.0130. The fourth-order valence-electron chi connectivity index (χ4n) is 9.05. The third-order valence-corrected chi connectivity index (χ3v) is 10.5. The molecule has 1 unspecified atom stereocenters. The van der Waals surface area contributed by atoms with Gasteiger partial charge in [0.1, 0.15) is 17.5 Å². The molecule has 196 valence electrons. The average molecular weight is 503 g/mol. The Morgan fingerprint density at radius 1 is 1.19 bits per heavy atom.